The molecule has 84 valence electrons. The van der Waals surface area contributed by atoms with Gasteiger partial charge >= 0.3 is 0 Å². The fourth-order valence-corrected chi connectivity index (χ4v) is 1.82. The highest BCUT2D eigenvalue weighted by Crippen LogP contribution is 2.19. The molecule has 0 aliphatic heterocycles. The molecule has 0 aromatic carbocycles. The molecule has 0 N–H and O–H groups in total. The van der Waals surface area contributed by atoms with Crippen LogP contribution in [-0.2, 0) is 12.8 Å². The van der Waals surface area contributed by atoms with E-state index in [-0.39, 0.29) is 0 Å². The number of hydrogen-bond donors (Lipinski definition) is 0. The van der Waals surface area contributed by atoms with Crippen LogP contribution in [0.25, 0.3) is 5.82 Å². The first-order valence-corrected chi connectivity index (χ1v) is 5.82. The number of halogens is 1. The van der Waals surface area contributed by atoms with Crippen LogP contribution < -0.4 is 0 Å². The standard InChI is InChI=1S/C12H14ClN3/c1-3-9-8-10(4-2)16(15-9)12-11(13)6-5-7-14-12/h5-8H,3-4H2,1-2H3. The summed E-state index contributed by atoms with van der Waals surface area (Å²) in [6.45, 7) is 4.19. The minimum atomic E-state index is 0.628. The van der Waals surface area contributed by atoms with Crippen LogP contribution in [0.15, 0.2) is 24.4 Å². The zero-order valence-electron chi connectivity index (χ0n) is 9.44. The van der Waals surface area contributed by atoms with Crippen molar-refractivity contribution in [3.05, 3.63) is 40.8 Å². The first-order chi connectivity index (χ1) is 7.76. The summed E-state index contributed by atoms with van der Waals surface area (Å²) in [5.41, 5.74) is 2.20. The second kappa shape index (κ2) is 4.66. The minimum Gasteiger partial charge on any atom is -0.236 e. The predicted molar refractivity (Wildman–Crippen MR) is 65.1 cm³/mol. The summed E-state index contributed by atoms with van der Waals surface area (Å²) >= 11 is 6.12. The van der Waals surface area contributed by atoms with E-state index < -0.39 is 0 Å². The summed E-state index contributed by atoms with van der Waals surface area (Å²) in [7, 11) is 0. The second-order valence-electron chi connectivity index (χ2n) is 3.55. The van der Waals surface area contributed by atoms with Crippen LogP contribution in [0.5, 0.6) is 0 Å². The van der Waals surface area contributed by atoms with Crippen LogP contribution in [0.1, 0.15) is 25.2 Å². The molecule has 0 aliphatic carbocycles. The van der Waals surface area contributed by atoms with Gasteiger partial charge in [-0.2, -0.15) is 5.10 Å². The lowest BCUT2D eigenvalue weighted by molar-refractivity contribution is 0.772. The Balaban J connectivity index is 2.54. The largest absolute Gasteiger partial charge is 0.236 e. The third kappa shape index (κ3) is 1.95. The van der Waals surface area contributed by atoms with Crippen LogP contribution in [-0.4, -0.2) is 14.8 Å². The molecule has 0 radical (unpaired) electrons. The lowest BCUT2D eigenvalue weighted by Crippen LogP contribution is -2.04. The fraction of sp³-hybridized carbons (Fsp3) is 0.333. The van der Waals surface area contributed by atoms with Crippen molar-refractivity contribution < 1.29 is 0 Å². The highest BCUT2D eigenvalue weighted by molar-refractivity contribution is 6.32. The van der Waals surface area contributed by atoms with Gasteiger partial charge in [0.05, 0.1) is 10.7 Å². The predicted octanol–water partition coefficient (Wildman–Crippen LogP) is 3.05. The molecule has 0 spiro atoms. The Morgan fingerprint density at radius 1 is 1.31 bits per heavy atom. The van der Waals surface area contributed by atoms with E-state index in [9.17, 15) is 0 Å². The fourth-order valence-electron chi connectivity index (χ4n) is 1.62. The number of hydrogen-bond acceptors (Lipinski definition) is 2. The Hall–Kier alpha value is -1.35. The van der Waals surface area contributed by atoms with Crippen LogP contribution >= 0.6 is 11.6 Å². The van der Waals surface area contributed by atoms with E-state index in [1.54, 1.807) is 6.20 Å². The molecule has 0 bridgehead atoms. The summed E-state index contributed by atoms with van der Waals surface area (Å²) in [5.74, 6) is 0.709. The normalized spacial score (nSPS) is 10.7. The van der Waals surface area contributed by atoms with Crippen LogP contribution in [0.2, 0.25) is 5.02 Å². The highest BCUT2D eigenvalue weighted by Gasteiger charge is 2.10. The van der Waals surface area contributed by atoms with Crippen LogP contribution in [0, 0.1) is 0 Å². The summed E-state index contributed by atoms with van der Waals surface area (Å²) in [4.78, 5) is 4.27. The van der Waals surface area contributed by atoms with Gasteiger partial charge in [0, 0.05) is 11.9 Å². The SMILES string of the molecule is CCc1cc(CC)n(-c2ncccc2Cl)n1. The van der Waals surface area contributed by atoms with Gasteiger partial charge in [0.2, 0.25) is 0 Å². The Morgan fingerprint density at radius 2 is 2.12 bits per heavy atom. The topological polar surface area (TPSA) is 30.7 Å². The molecule has 0 fully saturated rings. The molecular formula is C12H14ClN3. The summed E-state index contributed by atoms with van der Waals surface area (Å²) < 4.78 is 1.83. The van der Waals surface area contributed by atoms with Crippen molar-refractivity contribution in [3.8, 4) is 5.82 Å². The van der Waals surface area contributed by atoms with E-state index in [1.807, 2.05) is 16.8 Å². The lowest BCUT2D eigenvalue weighted by atomic mass is 10.2. The highest BCUT2D eigenvalue weighted by atomic mass is 35.5. The van der Waals surface area contributed by atoms with Gasteiger partial charge in [0.1, 0.15) is 0 Å². The molecule has 2 heterocycles. The van der Waals surface area contributed by atoms with Crippen molar-refractivity contribution in [2.24, 2.45) is 0 Å². The van der Waals surface area contributed by atoms with Gasteiger partial charge < -0.3 is 0 Å². The quantitative estimate of drug-likeness (QED) is 0.819. The molecule has 4 heteroatoms. The molecule has 0 unspecified atom stereocenters. The molecule has 2 rings (SSSR count). The van der Waals surface area contributed by atoms with Crippen molar-refractivity contribution in [1.29, 1.82) is 0 Å². The monoisotopic (exact) mass is 235 g/mol. The van der Waals surface area contributed by atoms with Crippen molar-refractivity contribution in [3.63, 3.8) is 0 Å². The zero-order chi connectivity index (χ0) is 11.5. The molecule has 3 nitrogen and oxygen atoms in total. The average Bonchev–Trinajstić information content (AvgIpc) is 2.72. The van der Waals surface area contributed by atoms with Gasteiger partial charge in [-0.15, -0.1) is 0 Å². The Morgan fingerprint density at radius 3 is 2.75 bits per heavy atom. The third-order valence-corrected chi connectivity index (χ3v) is 2.79. The van der Waals surface area contributed by atoms with Crippen molar-refractivity contribution in [2.45, 2.75) is 26.7 Å². The van der Waals surface area contributed by atoms with Gasteiger partial charge in [-0.25, -0.2) is 9.67 Å². The zero-order valence-corrected chi connectivity index (χ0v) is 10.2. The van der Waals surface area contributed by atoms with Crippen molar-refractivity contribution in [1.82, 2.24) is 14.8 Å². The number of aryl methyl sites for hydroxylation is 2. The molecule has 2 aromatic heterocycles. The van der Waals surface area contributed by atoms with E-state index in [0.29, 0.717) is 10.8 Å². The number of rotatable bonds is 3. The van der Waals surface area contributed by atoms with Gasteiger partial charge in [-0.1, -0.05) is 25.4 Å². The van der Waals surface area contributed by atoms with E-state index >= 15 is 0 Å². The maximum Gasteiger partial charge on any atom is 0.172 e. The Kier molecular flexibility index (Phi) is 3.25. The Labute approximate surface area is 100 Å². The van der Waals surface area contributed by atoms with Gasteiger partial charge in [0.25, 0.3) is 0 Å². The van der Waals surface area contributed by atoms with Crippen LogP contribution in [0.4, 0.5) is 0 Å². The summed E-state index contributed by atoms with van der Waals surface area (Å²) in [6.07, 6.45) is 3.57. The van der Waals surface area contributed by atoms with E-state index in [2.05, 4.69) is 30.0 Å². The van der Waals surface area contributed by atoms with E-state index in [1.165, 1.54) is 0 Å². The van der Waals surface area contributed by atoms with E-state index in [4.69, 9.17) is 11.6 Å². The molecular weight excluding hydrogens is 222 g/mol. The molecule has 0 amide bonds. The second-order valence-corrected chi connectivity index (χ2v) is 3.96. The maximum atomic E-state index is 6.12. The Bertz CT molecular complexity index is 491. The molecule has 0 atom stereocenters. The molecule has 0 aliphatic rings. The van der Waals surface area contributed by atoms with Crippen LogP contribution in [0.3, 0.4) is 0 Å². The molecule has 2 aromatic rings. The first-order valence-electron chi connectivity index (χ1n) is 5.45. The maximum absolute atomic E-state index is 6.12. The van der Waals surface area contributed by atoms with E-state index in [0.717, 1.165) is 24.2 Å². The summed E-state index contributed by atoms with van der Waals surface area (Å²) in [5, 5.41) is 5.13. The molecule has 16 heavy (non-hydrogen) atoms. The number of nitrogens with zero attached hydrogens (tertiary/aromatic N) is 3. The molecule has 0 saturated heterocycles. The summed E-state index contributed by atoms with van der Waals surface area (Å²) in [6, 6.07) is 5.75. The van der Waals surface area contributed by atoms with Crippen molar-refractivity contribution >= 4 is 11.6 Å². The van der Waals surface area contributed by atoms with Gasteiger partial charge in [-0.3, -0.25) is 0 Å². The average molecular weight is 236 g/mol. The minimum absolute atomic E-state index is 0.628. The van der Waals surface area contributed by atoms with Crippen molar-refractivity contribution in [2.75, 3.05) is 0 Å². The third-order valence-electron chi connectivity index (χ3n) is 2.50. The number of pyridine rings is 1. The first kappa shape index (κ1) is 11.1. The molecule has 0 saturated carbocycles. The smallest absolute Gasteiger partial charge is 0.172 e. The van der Waals surface area contributed by atoms with Gasteiger partial charge in [0.15, 0.2) is 5.82 Å². The van der Waals surface area contributed by atoms with Gasteiger partial charge in [-0.05, 0) is 31.0 Å². The lowest BCUT2D eigenvalue weighted by Gasteiger charge is -2.05. The number of aromatic nitrogens is 3.